The van der Waals surface area contributed by atoms with E-state index in [4.69, 9.17) is 10.9 Å². The van der Waals surface area contributed by atoms with Crippen LogP contribution in [0.25, 0.3) is 0 Å². The van der Waals surface area contributed by atoms with E-state index in [0.29, 0.717) is 19.5 Å². The maximum Gasteiger partial charge on any atom is 0.209 e. The Morgan fingerprint density at radius 3 is 2.25 bits per heavy atom. The van der Waals surface area contributed by atoms with Crippen LogP contribution in [0.1, 0.15) is 12.8 Å². The zero-order chi connectivity index (χ0) is 9.45. The number of rotatable bonds is 7. The molecule has 0 aromatic heterocycles. The van der Waals surface area contributed by atoms with Gasteiger partial charge in [-0.1, -0.05) is 0 Å². The predicted octanol–water partition coefficient (Wildman–Crippen LogP) is -1.40. The van der Waals surface area contributed by atoms with E-state index in [-0.39, 0.29) is 5.75 Å². The molecule has 0 aromatic carbocycles. The van der Waals surface area contributed by atoms with Gasteiger partial charge in [-0.3, -0.25) is 0 Å². The Bertz CT molecular complexity index is 191. The molecule has 0 atom stereocenters. The second-order valence-corrected chi connectivity index (χ2v) is 4.35. The Balaban J connectivity index is 3.12. The van der Waals surface area contributed by atoms with Crippen molar-refractivity contribution in [3.63, 3.8) is 0 Å². The zero-order valence-corrected chi connectivity index (χ0v) is 7.94. The van der Waals surface area contributed by atoms with Crippen LogP contribution in [0.4, 0.5) is 0 Å². The van der Waals surface area contributed by atoms with Gasteiger partial charge in [0.05, 0.1) is 5.75 Å². The van der Waals surface area contributed by atoms with Crippen LogP contribution in [0.15, 0.2) is 0 Å². The van der Waals surface area contributed by atoms with Gasteiger partial charge < -0.3 is 11.1 Å². The van der Waals surface area contributed by atoms with E-state index >= 15 is 0 Å². The molecule has 0 unspecified atom stereocenters. The van der Waals surface area contributed by atoms with Gasteiger partial charge in [-0.25, -0.2) is 13.6 Å². The lowest BCUT2D eigenvalue weighted by atomic mass is 10.4. The minimum absolute atomic E-state index is 0.0443. The van der Waals surface area contributed by atoms with Crippen LogP contribution >= 0.6 is 0 Å². The maximum atomic E-state index is 10.5. The molecule has 0 fully saturated rings. The highest BCUT2D eigenvalue weighted by Gasteiger charge is 2.00. The molecule has 0 aliphatic rings. The topological polar surface area (TPSA) is 98.2 Å². The third-order valence-corrected chi connectivity index (χ3v) is 2.20. The Labute approximate surface area is 73.6 Å². The molecule has 5 N–H and O–H groups in total. The summed E-state index contributed by atoms with van der Waals surface area (Å²) in [5.41, 5.74) is 5.26. The Hall–Kier alpha value is -0.170. The smallest absolute Gasteiger partial charge is 0.209 e. The van der Waals surface area contributed by atoms with E-state index in [1.807, 2.05) is 0 Å². The number of nitrogens with two attached hydrogens (primary N) is 2. The number of sulfonamides is 1. The summed E-state index contributed by atoms with van der Waals surface area (Å²) in [6.45, 7) is 2.17. The highest BCUT2D eigenvalue weighted by molar-refractivity contribution is 7.89. The summed E-state index contributed by atoms with van der Waals surface area (Å²) in [5, 5.41) is 7.86. The molecule has 0 amide bonds. The summed E-state index contributed by atoms with van der Waals surface area (Å²) in [7, 11) is -3.28. The van der Waals surface area contributed by atoms with E-state index in [0.717, 1.165) is 13.0 Å². The molecule has 0 aliphatic carbocycles. The Kier molecular flexibility index (Phi) is 6.27. The molecule has 0 spiro atoms. The molecule has 5 nitrogen and oxygen atoms in total. The average Bonchev–Trinajstić information content (AvgIpc) is 1.94. The first-order valence-corrected chi connectivity index (χ1v) is 5.69. The van der Waals surface area contributed by atoms with Gasteiger partial charge >= 0.3 is 0 Å². The molecule has 12 heavy (non-hydrogen) atoms. The molecule has 0 aliphatic heterocycles. The summed E-state index contributed by atoms with van der Waals surface area (Å²) in [6.07, 6.45) is 1.47. The van der Waals surface area contributed by atoms with Crippen LogP contribution in [0.5, 0.6) is 0 Å². The van der Waals surface area contributed by atoms with Crippen molar-refractivity contribution in [1.82, 2.24) is 5.32 Å². The molecule has 0 saturated heterocycles. The fourth-order valence-electron chi connectivity index (χ4n) is 0.750. The number of hydrogen-bond acceptors (Lipinski definition) is 4. The molecule has 74 valence electrons. The van der Waals surface area contributed by atoms with Gasteiger partial charge in [-0.05, 0) is 32.5 Å². The summed E-state index contributed by atoms with van der Waals surface area (Å²) < 4.78 is 20.9. The third kappa shape index (κ3) is 9.83. The van der Waals surface area contributed by atoms with Crippen molar-refractivity contribution >= 4 is 10.0 Å². The first kappa shape index (κ1) is 11.8. The van der Waals surface area contributed by atoms with E-state index in [9.17, 15) is 8.42 Å². The van der Waals surface area contributed by atoms with Gasteiger partial charge in [0.25, 0.3) is 0 Å². The second kappa shape index (κ2) is 6.36. The van der Waals surface area contributed by atoms with Crippen molar-refractivity contribution in [3.8, 4) is 0 Å². The van der Waals surface area contributed by atoms with Gasteiger partial charge in [-0.2, -0.15) is 0 Å². The quantitative estimate of drug-likeness (QED) is 0.435. The Morgan fingerprint density at radius 2 is 1.75 bits per heavy atom. The van der Waals surface area contributed by atoms with Crippen molar-refractivity contribution in [2.24, 2.45) is 10.9 Å². The SMILES string of the molecule is NCCCNCCCS(N)(=O)=O. The van der Waals surface area contributed by atoms with E-state index in [1.54, 1.807) is 0 Å². The number of hydrogen-bond donors (Lipinski definition) is 3. The summed E-state index contributed by atoms with van der Waals surface area (Å²) in [5.74, 6) is 0.0443. The normalized spacial score (nSPS) is 11.8. The molecule has 0 bridgehead atoms. The lowest BCUT2D eigenvalue weighted by molar-refractivity contribution is 0.588. The third-order valence-electron chi connectivity index (χ3n) is 1.34. The van der Waals surface area contributed by atoms with Crippen molar-refractivity contribution in [2.75, 3.05) is 25.4 Å². The van der Waals surface area contributed by atoms with Crippen LogP contribution < -0.4 is 16.2 Å². The lowest BCUT2D eigenvalue weighted by Gasteiger charge is -2.01. The first-order chi connectivity index (χ1) is 5.56. The van der Waals surface area contributed by atoms with E-state index in [2.05, 4.69) is 5.32 Å². The molecule has 6 heteroatoms. The van der Waals surface area contributed by atoms with Crippen LogP contribution in [0, 0.1) is 0 Å². The molecule has 0 rings (SSSR count). The minimum Gasteiger partial charge on any atom is -0.330 e. The standard InChI is InChI=1S/C6H17N3O2S/c7-3-1-4-9-5-2-6-12(8,10)11/h9H,1-7H2,(H2,8,10,11). The van der Waals surface area contributed by atoms with E-state index in [1.165, 1.54) is 0 Å². The molecule has 0 radical (unpaired) electrons. The summed E-state index contributed by atoms with van der Waals surface area (Å²) in [6, 6.07) is 0. The van der Waals surface area contributed by atoms with Crippen LogP contribution in [0.3, 0.4) is 0 Å². The molecule has 0 heterocycles. The zero-order valence-electron chi connectivity index (χ0n) is 7.12. The maximum absolute atomic E-state index is 10.5. The highest BCUT2D eigenvalue weighted by Crippen LogP contribution is 1.83. The van der Waals surface area contributed by atoms with Gasteiger partial charge in [0.15, 0.2) is 0 Å². The molecule has 0 aromatic rings. The van der Waals surface area contributed by atoms with Gasteiger partial charge in [0.2, 0.25) is 10.0 Å². The average molecular weight is 195 g/mol. The monoisotopic (exact) mass is 195 g/mol. The predicted molar refractivity (Wildman–Crippen MR) is 49.1 cm³/mol. The number of primary sulfonamides is 1. The number of nitrogens with one attached hydrogen (secondary N) is 1. The molecular formula is C6H17N3O2S. The molecular weight excluding hydrogens is 178 g/mol. The van der Waals surface area contributed by atoms with Gasteiger partial charge in [-0.15, -0.1) is 0 Å². The van der Waals surface area contributed by atoms with Crippen LogP contribution in [0.2, 0.25) is 0 Å². The summed E-state index contributed by atoms with van der Waals surface area (Å²) >= 11 is 0. The Morgan fingerprint density at radius 1 is 1.17 bits per heavy atom. The van der Waals surface area contributed by atoms with Crippen molar-refractivity contribution in [2.45, 2.75) is 12.8 Å². The van der Waals surface area contributed by atoms with E-state index < -0.39 is 10.0 Å². The largest absolute Gasteiger partial charge is 0.330 e. The lowest BCUT2D eigenvalue weighted by Crippen LogP contribution is -2.23. The van der Waals surface area contributed by atoms with Gasteiger partial charge in [0.1, 0.15) is 0 Å². The summed E-state index contributed by atoms with van der Waals surface area (Å²) in [4.78, 5) is 0. The second-order valence-electron chi connectivity index (χ2n) is 2.61. The van der Waals surface area contributed by atoms with Crippen molar-refractivity contribution < 1.29 is 8.42 Å². The molecule has 0 saturated carbocycles. The first-order valence-electron chi connectivity index (χ1n) is 3.97. The van der Waals surface area contributed by atoms with Crippen molar-refractivity contribution in [3.05, 3.63) is 0 Å². The fraction of sp³-hybridized carbons (Fsp3) is 1.00. The highest BCUT2D eigenvalue weighted by atomic mass is 32.2. The minimum atomic E-state index is -3.28. The van der Waals surface area contributed by atoms with Gasteiger partial charge in [0, 0.05) is 0 Å². The fourth-order valence-corrected chi connectivity index (χ4v) is 1.30. The van der Waals surface area contributed by atoms with Crippen LogP contribution in [-0.4, -0.2) is 33.8 Å². The van der Waals surface area contributed by atoms with Crippen molar-refractivity contribution in [1.29, 1.82) is 0 Å². The van der Waals surface area contributed by atoms with Crippen LogP contribution in [-0.2, 0) is 10.0 Å².